The zero-order valence-corrected chi connectivity index (χ0v) is 11.1. The van der Waals surface area contributed by atoms with Crippen LogP contribution in [0.5, 0.6) is 5.75 Å². The fourth-order valence-electron chi connectivity index (χ4n) is 2.12. The summed E-state index contributed by atoms with van der Waals surface area (Å²) in [6.45, 7) is 0.758. The van der Waals surface area contributed by atoms with Gasteiger partial charge >= 0.3 is 5.97 Å². The van der Waals surface area contributed by atoms with Crippen molar-refractivity contribution in [1.29, 1.82) is 0 Å². The van der Waals surface area contributed by atoms with E-state index in [0.29, 0.717) is 0 Å². The molecule has 1 heterocycles. The number of aryl methyl sites for hydroxylation is 1. The number of fused-ring (bicyclic) bond motifs is 1. The number of unbranched alkanes of at least 4 members (excludes halogenated alkanes) is 1. The first-order valence-corrected chi connectivity index (χ1v) is 6.62. The molecule has 1 N–H and O–H groups in total. The summed E-state index contributed by atoms with van der Waals surface area (Å²) >= 11 is 3.50. The van der Waals surface area contributed by atoms with E-state index in [-0.39, 0.29) is 6.42 Å². The molecule has 0 atom stereocenters. The third kappa shape index (κ3) is 3.22. The molecule has 0 unspecified atom stereocenters. The molecule has 3 nitrogen and oxygen atoms in total. The van der Waals surface area contributed by atoms with Crippen molar-refractivity contribution in [3.05, 3.63) is 27.7 Å². The van der Waals surface area contributed by atoms with Gasteiger partial charge in [0.1, 0.15) is 5.75 Å². The topological polar surface area (TPSA) is 46.5 Å². The number of ether oxygens (including phenoxy) is 1. The molecule has 0 saturated carbocycles. The maximum Gasteiger partial charge on any atom is 0.303 e. The highest BCUT2D eigenvalue weighted by Gasteiger charge is 2.17. The summed E-state index contributed by atoms with van der Waals surface area (Å²) in [4.78, 5) is 10.4. The number of carbonyl (C=O) groups is 1. The average molecular weight is 299 g/mol. The highest BCUT2D eigenvalue weighted by Crippen LogP contribution is 2.33. The fraction of sp³-hybridized carbons (Fsp3) is 0.462. The van der Waals surface area contributed by atoms with Gasteiger partial charge in [0.2, 0.25) is 0 Å². The Hall–Kier alpha value is -1.03. The minimum atomic E-state index is -0.722. The maximum atomic E-state index is 10.4. The molecule has 1 aliphatic heterocycles. The molecule has 0 amide bonds. The van der Waals surface area contributed by atoms with Gasteiger partial charge in [-0.05, 0) is 42.5 Å². The standard InChI is InChI=1S/C13H15BrO3/c14-11-7-9(3-1-2-4-12(15)16)13-10(8-11)5-6-17-13/h7-8H,1-6H2,(H,15,16). The van der Waals surface area contributed by atoms with Crippen molar-refractivity contribution in [2.24, 2.45) is 0 Å². The summed E-state index contributed by atoms with van der Waals surface area (Å²) in [5, 5.41) is 8.58. The van der Waals surface area contributed by atoms with Crippen LogP contribution in [-0.2, 0) is 17.6 Å². The fourth-order valence-corrected chi connectivity index (χ4v) is 2.68. The molecule has 1 aliphatic rings. The zero-order chi connectivity index (χ0) is 12.3. The lowest BCUT2D eigenvalue weighted by molar-refractivity contribution is -0.137. The predicted molar refractivity (Wildman–Crippen MR) is 68.5 cm³/mol. The Labute approximate surface area is 109 Å². The average Bonchev–Trinajstić information content (AvgIpc) is 2.71. The van der Waals surface area contributed by atoms with Gasteiger partial charge in [0.05, 0.1) is 6.61 Å². The number of hydrogen-bond acceptors (Lipinski definition) is 2. The quantitative estimate of drug-likeness (QED) is 0.849. The molecule has 0 fully saturated rings. The van der Waals surface area contributed by atoms with Gasteiger partial charge in [0, 0.05) is 17.3 Å². The van der Waals surface area contributed by atoms with Gasteiger partial charge in [-0.1, -0.05) is 15.9 Å². The maximum absolute atomic E-state index is 10.4. The first-order chi connectivity index (χ1) is 8.16. The number of benzene rings is 1. The summed E-state index contributed by atoms with van der Waals surface area (Å²) in [6, 6.07) is 4.17. The van der Waals surface area contributed by atoms with Gasteiger partial charge in [-0.2, -0.15) is 0 Å². The highest BCUT2D eigenvalue weighted by atomic mass is 79.9. The van der Waals surface area contributed by atoms with Crippen molar-refractivity contribution in [2.75, 3.05) is 6.61 Å². The molecule has 0 aliphatic carbocycles. The normalized spacial score (nSPS) is 13.2. The van der Waals surface area contributed by atoms with Crippen LogP contribution in [0, 0.1) is 0 Å². The van der Waals surface area contributed by atoms with Crippen molar-refractivity contribution in [2.45, 2.75) is 32.1 Å². The first kappa shape index (κ1) is 12.4. The molecule has 2 rings (SSSR count). The number of rotatable bonds is 5. The Morgan fingerprint density at radius 1 is 1.41 bits per heavy atom. The lowest BCUT2D eigenvalue weighted by Gasteiger charge is -2.08. The van der Waals surface area contributed by atoms with E-state index in [9.17, 15) is 4.79 Å². The molecule has 0 aromatic heterocycles. The van der Waals surface area contributed by atoms with Crippen LogP contribution in [0.25, 0.3) is 0 Å². The lowest BCUT2D eigenvalue weighted by atomic mass is 10.0. The second-order valence-corrected chi connectivity index (χ2v) is 5.17. The minimum Gasteiger partial charge on any atom is -0.493 e. The summed E-state index contributed by atoms with van der Waals surface area (Å²) in [7, 11) is 0. The van der Waals surface area contributed by atoms with E-state index in [2.05, 4.69) is 28.1 Å². The molecule has 0 saturated heterocycles. The van der Waals surface area contributed by atoms with Gasteiger partial charge in [-0.3, -0.25) is 4.79 Å². The molecule has 0 spiro atoms. The number of carboxylic acids is 1. The van der Waals surface area contributed by atoms with Gasteiger partial charge in [-0.15, -0.1) is 0 Å². The van der Waals surface area contributed by atoms with E-state index < -0.39 is 5.97 Å². The molecular weight excluding hydrogens is 284 g/mol. The van der Waals surface area contributed by atoms with Crippen LogP contribution in [0.1, 0.15) is 30.4 Å². The van der Waals surface area contributed by atoms with E-state index in [1.165, 1.54) is 11.1 Å². The molecule has 17 heavy (non-hydrogen) atoms. The van der Waals surface area contributed by atoms with E-state index in [1.54, 1.807) is 0 Å². The zero-order valence-electron chi connectivity index (χ0n) is 9.54. The molecule has 0 radical (unpaired) electrons. The smallest absolute Gasteiger partial charge is 0.303 e. The Bertz CT molecular complexity index is 429. The second kappa shape index (κ2) is 5.54. The first-order valence-electron chi connectivity index (χ1n) is 5.82. The summed E-state index contributed by atoms with van der Waals surface area (Å²) in [5.74, 6) is 0.296. The number of aliphatic carboxylic acids is 1. The van der Waals surface area contributed by atoms with Crippen LogP contribution >= 0.6 is 15.9 Å². The van der Waals surface area contributed by atoms with Gasteiger partial charge in [0.25, 0.3) is 0 Å². The molecule has 1 aromatic rings. The van der Waals surface area contributed by atoms with E-state index in [0.717, 1.165) is 42.5 Å². The minimum absolute atomic E-state index is 0.247. The van der Waals surface area contributed by atoms with Crippen molar-refractivity contribution in [1.82, 2.24) is 0 Å². The third-order valence-electron chi connectivity index (χ3n) is 2.91. The van der Waals surface area contributed by atoms with Gasteiger partial charge < -0.3 is 9.84 Å². The third-order valence-corrected chi connectivity index (χ3v) is 3.37. The number of carboxylic acid groups (broad SMARTS) is 1. The Balaban J connectivity index is 1.98. The van der Waals surface area contributed by atoms with Crippen LogP contribution in [-0.4, -0.2) is 17.7 Å². The van der Waals surface area contributed by atoms with E-state index in [1.807, 2.05) is 0 Å². The molecule has 92 valence electrons. The predicted octanol–water partition coefficient (Wildman–Crippen LogP) is 3.18. The van der Waals surface area contributed by atoms with Gasteiger partial charge in [0.15, 0.2) is 0 Å². The van der Waals surface area contributed by atoms with Crippen molar-refractivity contribution >= 4 is 21.9 Å². The van der Waals surface area contributed by atoms with Crippen LogP contribution in [0.4, 0.5) is 0 Å². The van der Waals surface area contributed by atoms with Crippen molar-refractivity contribution in [3.63, 3.8) is 0 Å². The lowest BCUT2D eigenvalue weighted by Crippen LogP contribution is -1.96. The molecule has 1 aromatic carbocycles. The van der Waals surface area contributed by atoms with Crippen LogP contribution in [0.2, 0.25) is 0 Å². The Morgan fingerprint density at radius 3 is 3.00 bits per heavy atom. The van der Waals surface area contributed by atoms with Crippen LogP contribution in [0.3, 0.4) is 0 Å². The van der Waals surface area contributed by atoms with E-state index in [4.69, 9.17) is 9.84 Å². The van der Waals surface area contributed by atoms with E-state index >= 15 is 0 Å². The Morgan fingerprint density at radius 2 is 2.24 bits per heavy atom. The van der Waals surface area contributed by atoms with Gasteiger partial charge in [-0.25, -0.2) is 0 Å². The second-order valence-electron chi connectivity index (χ2n) is 4.25. The summed E-state index contributed by atoms with van der Waals surface area (Å²) in [5.41, 5.74) is 2.45. The molecule has 4 heteroatoms. The SMILES string of the molecule is O=C(O)CCCCc1cc(Br)cc2c1OCC2. The van der Waals surface area contributed by atoms with Crippen molar-refractivity contribution < 1.29 is 14.6 Å². The number of hydrogen-bond donors (Lipinski definition) is 1. The highest BCUT2D eigenvalue weighted by molar-refractivity contribution is 9.10. The largest absolute Gasteiger partial charge is 0.493 e. The van der Waals surface area contributed by atoms with Crippen molar-refractivity contribution in [3.8, 4) is 5.75 Å². The van der Waals surface area contributed by atoms with Crippen LogP contribution < -0.4 is 4.74 Å². The summed E-state index contributed by atoms with van der Waals surface area (Å²) in [6.07, 6.45) is 3.71. The summed E-state index contributed by atoms with van der Waals surface area (Å²) < 4.78 is 6.70. The number of halogens is 1. The Kier molecular flexibility index (Phi) is 4.05. The monoisotopic (exact) mass is 298 g/mol. The van der Waals surface area contributed by atoms with Crippen LogP contribution in [0.15, 0.2) is 16.6 Å². The molecule has 0 bridgehead atoms. The molecular formula is C13H15BrO3.